The quantitative estimate of drug-likeness (QED) is 0.893. The average molecular weight is 256 g/mol. The lowest BCUT2D eigenvalue weighted by Gasteiger charge is -2.11. The maximum absolute atomic E-state index is 12.9. The molecule has 0 radical (unpaired) electrons. The average Bonchev–Trinajstić information content (AvgIpc) is 2.62. The number of aromatic nitrogens is 1. The molecule has 1 aromatic carbocycles. The van der Waals surface area contributed by atoms with Gasteiger partial charge in [-0.1, -0.05) is 12.1 Å². The molecule has 0 atom stereocenters. The van der Waals surface area contributed by atoms with Crippen molar-refractivity contribution < 1.29 is 13.2 Å². The SMILES string of the molecule is CNCCc1cc2cccc(C(F)(F)F)c2n1C. The van der Waals surface area contributed by atoms with Crippen LogP contribution in [0, 0.1) is 0 Å². The maximum Gasteiger partial charge on any atom is 0.418 e. The second-order valence-corrected chi connectivity index (χ2v) is 4.29. The van der Waals surface area contributed by atoms with E-state index in [1.54, 1.807) is 17.7 Å². The number of likely N-dealkylation sites (N-methyl/N-ethyl adjacent to an activating group) is 1. The van der Waals surface area contributed by atoms with E-state index in [1.165, 1.54) is 6.07 Å². The summed E-state index contributed by atoms with van der Waals surface area (Å²) in [5.74, 6) is 0. The van der Waals surface area contributed by atoms with E-state index in [2.05, 4.69) is 5.32 Å². The third-order valence-corrected chi connectivity index (χ3v) is 3.09. The predicted molar refractivity (Wildman–Crippen MR) is 65.6 cm³/mol. The van der Waals surface area contributed by atoms with Gasteiger partial charge in [0.2, 0.25) is 0 Å². The molecule has 1 heterocycles. The Kier molecular flexibility index (Phi) is 3.34. The molecule has 0 unspecified atom stereocenters. The summed E-state index contributed by atoms with van der Waals surface area (Å²) in [6.07, 6.45) is -3.61. The van der Waals surface area contributed by atoms with E-state index in [1.807, 2.05) is 13.1 Å². The highest BCUT2D eigenvalue weighted by Crippen LogP contribution is 2.35. The van der Waals surface area contributed by atoms with Crippen molar-refractivity contribution in [1.82, 2.24) is 9.88 Å². The number of halogens is 3. The Balaban J connectivity index is 2.59. The zero-order chi connectivity index (χ0) is 13.3. The fraction of sp³-hybridized carbons (Fsp3) is 0.385. The smallest absolute Gasteiger partial charge is 0.347 e. The van der Waals surface area contributed by atoms with Gasteiger partial charge in [0.1, 0.15) is 0 Å². The van der Waals surface area contributed by atoms with E-state index in [-0.39, 0.29) is 5.52 Å². The van der Waals surface area contributed by atoms with Crippen LogP contribution < -0.4 is 5.32 Å². The molecule has 18 heavy (non-hydrogen) atoms. The molecule has 0 aliphatic heterocycles. The number of rotatable bonds is 3. The van der Waals surface area contributed by atoms with Crippen molar-refractivity contribution >= 4 is 10.9 Å². The molecule has 1 N–H and O–H groups in total. The van der Waals surface area contributed by atoms with E-state index in [0.29, 0.717) is 11.8 Å². The molecule has 0 spiro atoms. The zero-order valence-electron chi connectivity index (χ0n) is 10.3. The van der Waals surface area contributed by atoms with Gasteiger partial charge in [0, 0.05) is 31.1 Å². The highest BCUT2D eigenvalue weighted by atomic mass is 19.4. The fourth-order valence-corrected chi connectivity index (χ4v) is 2.19. The van der Waals surface area contributed by atoms with Crippen molar-refractivity contribution in [2.75, 3.05) is 13.6 Å². The fourth-order valence-electron chi connectivity index (χ4n) is 2.19. The summed E-state index contributed by atoms with van der Waals surface area (Å²) in [6.45, 7) is 0.742. The minimum Gasteiger partial charge on any atom is -0.347 e. The summed E-state index contributed by atoms with van der Waals surface area (Å²) in [5.41, 5.74) is 0.588. The van der Waals surface area contributed by atoms with E-state index in [9.17, 15) is 13.2 Å². The standard InChI is InChI=1S/C13H15F3N2/c1-17-7-6-10-8-9-4-3-5-11(13(14,15)16)12(9)18(10)2/h3-5,8,17H,6-7H2,1-2H3. The molecule has 0 fully saturated rings. The Morgan fingerprint density at radius 1 is 1.28 bits per heavy atom. The summed E-state index contributed by atoms with van der Waals surface area (Å²) in [5, 5.41) is 3.63. The van der Waals surface area contributed by atoms with Crippen molar-refractivity contribution in [3.8, 4) is 0 Å². The van der Waals surface area contributed by atoms with E-state index >= 15 is 0 Å². The normalized spacial score (nSPS) is 12.3. The first-order valence-corrected chi connectivity index (χ1v) is 5.74. The number of hydrogen-bond acceptors (Lipinski definition) is 1. The topological polar surface area (TPSA) is 17.0 Å². The van der Waals surface area contributed by atoms with Gasteiger partial charge in [-0.2, -0.15) is 13.2 Å². The van der Waals surface area contributed by atoms with Crippen molar-refractivity contribution in [1.29, 1.82) is 0 Å². The van der Waals surface area contributed by atoms with Gasteiger partial charge in [0.05, 0.1) is 11.1 Å². The molecule has 0 aliphatic carbocycles. The van der Waals surface area contributed by atoms with E-state index in [4.69, 9.17) is 0 Å². The van der Waals surface area contributed by atoms with Gasteiger partial charge in [-0.25, -0.2) is 0 Å². The molecule has 2 aromatic rings. The molecule has 98 valence electrons. The Morgan fingerprint density at radius 3 is 2.61 bits per heavy atom. The maximum atomic E-state index is 12.9. The molecule has 0 saturated heterocycles. The van der Waals surface area contributed by atoms with Crippen LogP contribution in [0.15, 0.2) is 24.3 Å². The molecular formula is C13H15F3N2. The second kappa shape index (κ2) is 4.65. The van der Waals surface area contributed by atoms with Crippen molar-refractivity contribution in [3.63, 3.8) is 0 Å². The lowest BCUT2D eigenvalue weighted by atomic mass is 10.1. The molecule has 1 aromatic heterocycles. The van der Waals surface area contributed by atoms with Crippen LogP contribution in [0.25, 0.3) is 10.9 Å². The monoisotopic (exact) mass is 256 g/mol. The molecule has 0 amide bonds. The number of aryl methyl sites for hydroxylation is 1. The number of para-hydroxylation sites is 1. The number of alkyl halides is 3. The minimum atomic E-state index is -4.31. The first-order valence-electron chi connectivity index (χ1n) is 5.74. The summed E-state index contributed by atoms with van der Waals surface area (Å²) in [6, 6.07) is 6.12. The van der Waals surface area contributed by atoms with Gasteiger partial charge in [-0.15, -0.1) is 0 Å². The Morgan fingerprint density at radius 2 is 2.00 bits per heavy atom. The second-order valence-electron chi connectivity index (χ2n) is 4.29. The van der Waals surface area contributed by atoms with Crippen LogP contribution in [-0.4, -0.2) is 18.2 Å². The van der Waals surface area contributed by atoms with Gasteiger partial charge in [-0.05, 0) is 19.2 Å². The number of hydrogen-bond donors (Lipinski definition) is 1. The third-order valence-electron chi connectivity index (χ3n) is 3.09. The van der Waals surface area contributed by atoms with Gasteiger partial charge in [0.15, 0.2) is 0 Å². The van der Waals surface area contributed by atoms with Gasteiger partial charge in [0.25, 0.3) is 0 Å². The van der Waals surface area contributed by atoms with Crippen molar-refractivity contribution in [3.05, 3.63) is 35.5 Å². The highest BCUT2D eigenvalue weighted by Gasteiger charge is 2.33. The van der Waals surface area contributed by atoms with Crippen LogP contribution in [0.4, 0.5) is 13.2 Å². The van der Waals surface area contributed by atoms with Gasteiger partial charge in [-0.3, -0.25) is 0 Å². The predicted octanol–water partition coefficient (Wildman–Crippen LogP) is 2.96. The van der Waals surface area contributed by atoms with Crippen LogP contribution in [-0.2, 0) is 19.6 Å². The van der Waals surface area contributed by atoms with Crippen molar-refractivity contribution in [2.45, 2.75) is 12.6 Å². The molecule has 2 rings (SSSR count). The van der Waals surface area contributed by atoms with E-state index in [0.717, 1.165) is 18.3 Å². The number of nitrogens with zero attached hydrogens (tertiary/aromatic N) is 1. The van der Waals surface area contributed by atoms with Crippen LogP contribution >= 0.6 is 0 Å². The summed E-state index contributed by atoms with van der Waals surface area (Å²) in [4.78, 5) is 0. The molecule has 2 nitrogen and oxygen atoms in total. The number of nitrogens with one attached hydrogen (secondary N) is 1. The molecule has 0 saturated carbocycles. The number of benzene rings is 1. The molecule has 0 aliphatic rings. The van der Waals surface area contributed by atoms with Crippen LogP contribution in [0.5, 0.6) is 0 Å². The lowest BCUT2D eigenvalue weighted by molar-refractivity contribution is -0.136. The van der Waals surface area contributed by atoms with Gasteiger partial charge >= 0.3 is 6.18 Å². The summed E-state index contributed by atoms with van der Waals surface area (Å²) >= 11 is 0. The van der Waals surface area contributed by atoms with Crippen LogP contribution in [0.2, 0.25) is 0 Å². The molecular weight excluding hydrogens is 241 g/mol. The summed E-state index contributed by atoms with van der Waals surface area (Å²) in [7, 11) is 3.51. The highest BCUT2D eigenvalue weighted by molar-refractivity contribution is 5.85. The zero-order valence-corrected chi connectivity index (χ0v) is 10.3. The van der Waals surface area contributed by atoms with Crippen LogP contribution in [0.3, 0.4) is 0 Å². The molecule has 5 heteroatoms. The van der Waals surface area contributed by atoms with Gasteiger partial charge < -0.3 is 9.88 Å². The Hall–Kier alpha value is -1.49. The number of fused-ring (bicyclic) bond motifs is 1. The first kappa shape index (κ1) is 13.0. The lowest BCUT2D eigenvalue weighted by Crippen LogP contribution is -2.13. The summed E-state index contributed by atoms with van der Waals surface area (Å²) < 4.78 is 40.4. The molecule has 0 bridgehead atoms. The Labute approximate surface area is 103 Å². The third kappa shape index (κ3) is 2.22. The Bertz CT molecular complexity index is 555. The van der Waals surface area contributed by atoms with Crippen molar-refractivity contribution in [2.24, 2.45) is 7.05 Å². The largest absolute Gasteiger partial charge is 0.418 e. The van der Waals surface area contributed by atoms with E-state index < -0.39 is 11.7 Å². The minimum absolute atomic E-state index is 0.260. The first-order chi connectivity index (χ1) is 8.45. The van der Waals surface area contributed by atoms with Crippen LogP contribution in [0.1, 0.15) is 11.3 Å².